The van der Waals surface area contributed by atoms with Gasteiger partial charge < -0.3 is 15.1 Å². The van der Waals surface area contributed by atoms with Crippen molar-refractivity contribution in [1.82, 2.24) is 15.1 Å². The first-order chi connectivity index (χ1) is 12.7. The number of hydrogen-bond donors (Lipinski definition) is 1. The molecular formula is C21H34N4S. The van der Waals surface area contributed by atoms with Crippen LogP contribution in [0, 0.1) is 11.8 Å². The van der Waals surface area contributed by atoms with Gasteiger partial charge in [-0.3, -0.25) is 4.99 Å². The van der Waals surface area contributed by atoms with Crippen LogP contribution >= 0.6 is 11.8 Å². The first-order valence-corrected chi connectivity index (χ1v) is 11.1. The van der Waals surface area contributed by atoms with Gasteiger partial charge in [-0.05, 0) is 63.7 Å². The normalized spacial score (nSPS) is 24.8. The third-order valence-corrected chi connectivity index (χ3v) is 6.61. The van der Waals surface area contributed by atoms with Gasteiger partial charge in [0.2, 0.25) is 0 Å². The minimum atomic E-state index is 0.717. The lowest BCUT2D eigenvalue weighted by atomic mass is 9.99. The zero-order chi connectivity index (χ0) is 18.2. The van der Waals surface area contributed by atoms with E-state index in [4.69, 9.17) is 4.99 Å². The van der Waals surface area contributed by atoms with E-state index in [0.717, 1.165) is 44.0 Å². The molecule has 2 saturated heterocycles. The maximum absolute atomic E-state index is 5.00. The van der Waals surface area contributed by atoms with E-state index < -0.39 is 0 Å². The quantitative estimate of drug-likeness (QED) is 0.470. The van der Waals surface area contributed by atoms with Gasteiger partial charge in [-0.15, -0.1) is 11.8 Å². The molecule has 2 heterocycles. The monoisotopic (exact) mass is 374 g/mol. The van der Waals surface area contributed by atoms with E-state index in [0.29, 0.717) is 0 Å². The molecular weight excluding hydrogens is 340 g/mol. The molecule has 2 atom stereocenters. The summed E-state index contributed by atoms with van der Waals surface area (Å²) >= 11 is 1.99. The molecule has 0 aromatic heterocycles. The van der Waals surface area contributed by atoms with E-state index in [1.807, 2.05) is 11.8 Å². The van der Waals surface area contributed by atoms with Gasteiger partial charge in [0.15, 0.2) is 5.96 Å². The summed E-state index contributed by atoms with van der Waals surface area (Å²) in [6.07, 6.45) is 3.91. The minimum Gasteiger partial charge on any atom is -0.357 e. The number of thioether (sulfide) groups is 1. The Morgan fingerprint density at radius 3 is 2.77 bits per heavy atom. The van der Waals surface area contributed by atoms with Crippen molar-refractivity contribution in [2.45, 2.75) is 31.1 Å². The molecule has 2 fully saturated rings. The summed E-state index contributed by atoms with van der Waals surface area (Å²) in [5.41, 5.74) is 0. The number of hydrogen-bond acceptors (Lipinski definition) is 3. The number of nitrogens with zero attached hydrogens (tertiary/aromatic N) is 3. The van der Waals surface area contributed by atoms with Crippen molar-refractivity contribution >= 4 is 17.7 Å². The lowest BCUT2D eigenvalue weighted by molar-refractivity contribution is 0.214. The molecule has 2 aliphatic rings. The van der Waals surface area contributed by atoms with Crippen LogP contribution in [-0.2, 0) is 0 Å². The highest BCUT2D eigenvalue weighted by atomic mass is 32.2. The second-order valence-corrected chi connectivity index (χ2v) is 8.78. The Morgan fingerprint density at radius 2 is 2.00 bits per heavy atom. The van der Waals surface area contributed by atoms with Crippen molar-refractivity contribution in [2.75, 3.05) is 52.1 Å². The summed E-state index contributed by atoms with van der Waals surface area (Å²) < 4.78 is 0. The zero-order valence-electron chi connectivity index (χ0n) is 16.4. The van der Waals surface area contributed by atoms with E-state index in [1.165, 1.54) is 43.0 Å². The van der Waals surface area contributed by atoms with E-state index in [-0.39, 0.29) is 0 Å². The molecule has 1 aromatic carbocycles. The molecule has 2 aliphatic heterocycles. The van der Waals surface area contributed by atoms with Crippen molar-refractivity contribution in [1.29, 1.82) is 0 Å². The molecule has 0 radical (unpaired) electrons. The Labute approximate surface area is 163 Å². The number of piperidine rings is 1. The summed E-state index contributed by atoms with van der Waals surface area (Å²) in [4.78, 5) is 11.3. The molecule has 5 heteroatoms. The first kappa shape index (κ1) is 19.6. The van der Waals surface area contributed by atoms with E-state index in [9.17, 15) is 0 Å². The van der Waals surface area contributed by atoms with Crippen molar-refractivity contribution in [3.63, 3.8) is 0 Å². The molecule has 4 nitrogen and oxygen atoms in total. The Kier molecular flexibility index (Phi) is 7.69. The topological polar surface area (TPSA) is 30.9 Å². The summed E-state index contributed by atoms with van der Waals surface area (Å²) in [6, 6.07) is 10.8. The number of likely N-dealkylation sites (tertiary alicyclic amines) is 2. The van der Waals surface area contributed by atoms with Crippen LogP contribution in [0.3, 0.4) is 0 Å². The molecule has 2 unspecified atom stereocenters. The predicted octanol–water partition coefficient (Wildman–Crippen LogP) is 3.41. The molecule has 1 aromatic rings. The fourth-order valence-corrected chi connectivity index (χ4v) is 5.01. The highest BCUT2D eigenvalue weighted by Crippen LogP contribution is 2.26. The van der Waals surface area contributed by atoms with Crippen molar-refractivity contribution in [2.24, 2.45) is 16.8 Å². The van der Waals surface area contributed by atoms with Crippen LogP contribution in [0.2, 0.25) is 0 Å². The third-order valence-electron chi connectivity index (χ3n) is 5.37. The average molecular weight is 375 g/mol. The number of rotatable bonds is 6. The fourth-order valence-electron chi connectivity index (χ4n) is 3.96. The van der Waals surface area contributed by atoms with E-state index in [2.05, 4.69) is 59.4 Å². The smallest absolute Gasteiger partial charge is 0.193 e. The first-order valence-electron chi connectivity index (χ1n) is 10.1. The molecule has 0 amide bonds. The van der Waals surface area contributed by atoms with Gasteiger partial charge in [-0.25, -0.2) is 0 Å². The number of guanidine groups is 1. The standard InChI is InChI=1S/C21H34N4S/c1-3-22-21(23-14-18-8-7-12-24(2)15-18)25-13-11-19(16-25)17-26-20-9-5-4-6-10-20/h4-6,9-10,18-19H,3,7-8,11-17H2,1-2H3,(H,22,23). The summed E-state index contributed by atoms with van der Waals surface area (Å²) in [7, 11) is 2.23. The van der Waals surface area contributed by atoms with E-state index >= 15 is 0 Å². The van der Waals surface area contributed by atoms with Gasteiger partial charge in [0, 0.05) is 43.4 Å². The van der Waals surface area contributed by atoms with Crippen LogP contribution in [0.5, 0.6) is 0 Å². The molecule has 0 aliphatic carbocycles. The van der Waals surface area contributed by atoms with Crippen molar-refractivity contribution in [3.8, 4) is 0 Å². The molecule has 1 N–H and O–H groups in total. The summed E-state index contributed by atoms with van der Waals surface area (Å²) in [5.74, 6) is 3.81. The summed E-state index contributed by atoms with van der Waals surface area (Å²) in [5, 5.41) is 3.53. The highest BCUT2D eigenvalue weighted by Gasteiger charge is 2.25. The molecule has 0 saturated carbocycles. The Morgan fingerprint density at radius 1 is 1.15 bits per heavy atom. The number of benzene rings is 1. The van der Waals surface area contributed by atoms with Crippen LogP contribution in [-0.4, -0.2) is 67.8 Å². The van der Waals surface area contributed by atoms with Crippen LogP contribution in [0.15, 0.2) is 40.2 Å². The second-order valence-electron chi connectivity index (χ2n) is 7.69. The van der Waals surface area contributed by atoms with E-state index in [1.54, 1.807) is 0 Å². The minimum absolute atomic E-state index is 0.717. The number of aliphatic imine (C=N–C) groups is 1. The Hall–Kier alpha value is -1.20. The lowest BCUT2D eigenvalue weighted by Crippen LogP contribution is -2.41. The van der Waals surface area contributed by atoms with Crippen LogP contribution < -0.4 is 5.32 Å². The van der Waals surface area contributed by atoms with Gasteiger partial charge in [0.1, 0.15) is 0 Å². The van der Waals surface area contributed by atoms with Crippen molar-refractivity contribution in [3.05, 3.63) is 30.3 Å². The van der Waals surface area contributed by atoms with Gasteiger partial charge >= 0.3 is 0 Å². The molecule has 26 heavy (non-hydrogen) atoms. The molecule has 3 rings (SSSR count). The van der Waals surface area contributed by atoms with Crippen LogP contribution in [0.4, 0.5) is 0 Å². The SMILES string of the molecule is CCNC(=NCC1CCCN(C)C1)N1CCC(CSc2ccccc2)C1. The highest BCUT2D eigenvalue weighted by molar-refractivity contribution is 7.99. The Bertz CT molecular complexity index is 562. The zero-order valence-corrected chi connectivity index (χ0v) is 17.2. The fraction of sp³-hybridized carbons (Fsp3) is 0.667. The second kappa shape index (κ2) is 10.2. The lowest BCUT2D eigenvalue weighted by Gasteiger charge is -2.29. The predicted molar refractivity (Wildman–Crippen MR) is 113 cm³/mol. The van der Waals surface area contributed by atoms with Crippen molar-refractivity contribution < 1.29 is 0 Å². The van der Waals surface area contributed by atoms with Gasteiger partial charge in [0.25, 0.3) is 0 Å². The van der Waals surface area contributed by atoms with Gasteiger partial charge in [0.05, 0.1) is 0 Å². The largest absolute Gasteiger partial charge is 0.357 e. The maximum atomic E-state index is 5.00. The average Bonchev–Trinajstić information content (AvgIpc) is 3.13. The summed E-state index contributed by atoms with van der Waals surface area (Å²) in [6.45, 7) is 8.79. The maximum Gasteiger partial charge on any atom is 0.193 e. The Balaban J connectivity index is 1.49. The third kappa shape index (κ3) is 5.92. The van der Waals surface area contributed by atoms with Gasteiger partial charge in [-0.2, -0.15) is 0 Å². The molecule has 0 spiro atoms. The van der Waals surface area contributed by atoms with Crippen LogP contribution in [0.25, 0.3) is 0 Å². The molecule has 144 valence electrons. The van der Waals surface area contributed by atoms with Gasteiger partial charge in [-0.1, -0.05) is 18.2 Å². The number of nitrogens with one attached hydrogen (secondary N) is 1. The van der Waals surface area contributed by atoms with Crippen LogP contribution in [0.1, 0.15) is 26.2 Å². The molecule has 0 bridgehead atoms.